The Morgan fingerprint density at radius 1 is 1.12 bits per heavy atom. The fourth-order valence-electron chi connectivity index (χ4n) is 4.91. The lowest BCUT2D eigenvalue weighted by atomic mass is 9.90. The average Bonchev–Trinajstić information content (AvgIpc) is 3.08. The molecular formula is C26H30ClN5. The van der Waals surface area contributed by atoms with Crippen LogP contribution in [0.5, 0.6) is 0 Å². The first-order chi connectivity index (χ1) is 15.5. The van der Waals surface area contributed by atoms with E-state index in [4.69, 9.17) is 11.6 Å². The fourth-order valence-corrected chi connectivity index (χ4v) is 5.10. The molecule has 2 aliphatic heterocycles. The summed E-state index contributed by atoms with van der Waals surface area (Å²) in [6.07, 6.45) is 4.42. The molecule has 3 aromatic rings. The Labute approximate surface area is 195 Å². The van der Waals surface area contributed by atoms with E-state index >= 15 is 0 Å². The van der Waals surface area contributed by atoms with E-state index in [0.717, 1.165) is 54.6 Å². The zero-order valence-corrected chi connectivity index (χ0v) is 19.7. The van der Waals surface area contributed by atoms with Crippen LogP contribution in [0, 0.1) is 6.92 Å². The molecule has 2 aliphatic rings. The van der Waals surface area contributed by atoms with Crippen molar-refractivity contribution in [1.82, 2.24) is 19.9 Å². The summed E-state index contributed by atoms with van der Waals surface area (Å²) in [4.78, 5) is 2.52. The Morgan fingerprint density at radius 3 is 2.75 bits per heavy atom. The molecule has 0 spiro atoms. The van der Waals surface area contributed by atoms with Crippen LogP contribution in [0.2, 0.25) is 5.02 Å². The van der Waals surface area contributed by atoms with E-state index in [1.165, 1.54) is 22.3 Å². The van der Waals surface area contributed by atoms with E-state index in [1.807, 2.05) is 29.8 Å². The summed E-state index contributed by atoms with van der Waals surface area (Å²) in [5, 5.41) is 13.2. The molecule has 1 unspecified atom stereocenters. The van der Waals surface area contributed by atoms with E-state index in [-0.39, 0.29) is 6.04 Å². The molecule has 0 radical (unpaired) electrons. The summed E-state index contributed by atoms with van der Waals surface area (Å²) in [5.74, 6) is 0. The lowest BCUT2D eigenvalue weighted by Crippen LogP contribution is -2.34. The monoisotopic (exact) mass is 447 g/mol. The summed E-state index contributed by atoms with van der Waals surface area (Å²) in [6, 6.07) is 15.6. The molecule has 32 heavy (non-hydrogen) atoms. The van der Waals surface area contributed by atoms with Gasteiger partial charge in [0.25, 0.3) is 0 Å². The zero-order valence-electron chi connectivity index (χ0n) is 19.0. The van der Waals surface area contributed by atoms with Crippen LogP contribution in [0.15, 0.2) is 48.5 Å². The number of nitrogens with one attached hydrogen (secondary N) is 1. The van der Waals surface area contributed by atoms with Gasteiger partial charge in [0.15, 0.2) is 0 Å². The molecule has 2 aromatic carbocycles. The Bertz CT molecular complexity index is 1160. The highest BCUT2D eigenvalue weighted by atomic mass is 35.5. The molecule has 0 aliphatic carbocycles. The highest BCUT2D eigenvalue weighted by molar-refractivity contribution is 6.30. The predicted octanol–water partition coefficient (Wildman–Crippen LogP) is 5.96. The van der Waals surface area contributed by atoms with Gasteiger partial charge in [0.2, 0.25) is 0 Å². The van der Waals surface area contributed by atoms with Crippen molar-refractivity contribution in [2.45, 2.75) is 52.2 Å². The summed E-state index contributed by atoms with van der Waals surface area (Å²) >= 11 is 6.26. The Hall–Kier alpha value is -2.63. The van der Waals surface area contributed by atoms with Gasteiger partial charge in [-0.05, 0) is 74.6 Å². The van der Waals surface area contributed by atoms with Gasteiger partial charge in [0.05, 0.1) is 17.4 Å². The number of aryl methyl sites for hydroxylation is 2. The second kappa shape index (κ2) is 8.72. The molecule has 0 fully saturated rings. The molecule has 5 rings (SSSR count). The van der Waals surface area contributed by atoms with Gasteiger partial charge in [0.1, 0.15) is 0 Å². The number of rotatable bonds is 4. The van der Waals surface area contributed by atoms with Crippen LogP contribution in [0.4, 0.5) is 5.69 Å². The number of hydrogen-bond donors (Lipinski definition) is 1. The van der Waals surface area contributed by atoms with E-state index in [1.54, 1.807) is 0 Å². The van der Waals surface area contributed by atoms with E-state index < -0.39 is 0 Å². The number of fused-ring (bicyclic) bond motifs is 3. The van der Waals surface area contributed by atoms with Gasteiger partial charge in [-0.2, -0.15) is 0 Å². The van der Waals surface area contributed by atoms with Crippen molar-refractivity contribution < 1.29 is 0 Å². The molecule has 0 bridgehead atoms. The van der Waals surface area contributed by atoms with Crippen LogP contribution in [0.25, 0.3) is 16.8 Å². The van der Waals surface area contributed by atoms with Crippen LogP contribution in [-0.4, -0.2) is 39.0 Å². The van der Waals surface area contributed by atoms with Crippen molar-refractivity contribution in [1.29, 1.82) is 0 Å². The fraction of sp³-hybridized carbons (Fsp3) is 0.385. The highest BCUT2D eigenvalue weighted by Gasteiger charge is 2.26. The number of halogens is 1. The number of hydrogen-bond acceptors (Lipinski definition) is 4. The molecule has 5 nitrogen and oxygen atoms in total. The lowest BCUT2D eigenvalue weighted by molar-refractivity contribution is 0.245. The maximum Gasteiger partial charge on any atom is 0.0918 e. The minimum absolute atomic E-state index is 0.167. The standard InChI is InChI=1S/C26H30ClN5/c1-17(2)31-12-9-19(10-13-31)20-7-8-23-24(15-20)25(28-22-6-4-5-21(27)16-22)11-14-32-26(23)18(3)29-30-32/h4-9,15-17,25,28H,10-14H2,1-3H3. The van der Waals surface area contributed by atoms with Crippen molar-refractivity contribution in [2.24, 2.45) is 0 Å². The maximum absolute atomic E-state index is 6.26. The highest BCUT2D eigenvalue weighted by Crippen LogP contribution is 2.39. The molecule has 0 saturated carbocycles. The molecule has 0 saturated heterocycles. The second-order valence-corrected chi connectivity index (χ2v) is 9.55. The summed E-state index contributed by atoms with van der Waals surface area (Å²) < 4.78 is 2.05. The van der Waals surface area contributed by atoms with Crippen molar-refractivity contribution in [3.05, 3.63) is 70.4 Å². The first-order valence-electron chi connectivity index (χ1n) is 11.5. The van der Waals surface area contributed by atoms with E-state index in [2.05, 4.69) is 64.7 Å². The zero-order chi connectivity index (χ0) is 22.2. The van der Waals surface area contributed by atoms with Crippen LogP contribution in [0.3, 0.4) is 0 Å². The van der Waals surface area contributed by atoms with Gasteiger partial charge in [-0.3, -0.25) is 4.90 Å². The van der Waals surface area contributed by atoms with Crippen molar-refractivity contribution in [2.75, 3.05) is 18.4 Å². The van der Waals surface area contributed by atoms with E-state index in [9.17, 15) is 0 Å². The van der Waals surface area contributed by atoms with Crippen molar-refractivity contribution >= 4 is 22.9 Å². The Morgan fingerprint density at radius 2 is 2.00 bits per heavy atom. The molecule has 166 valence electrons. The van der Waals surface area contributed by atoms with Crippen LogP contribution in [-0.2, 0) is 6.54 Å². The SMILES string of the molecule is Cc1nnn2c1-c1ccc(C3=CCN(C(C)C)CC3)cc1C(Nc1cccc(Cl)c1)CC2. The summed E-state index contributed by atoms with van der Waals surface area (Å²) in [6.45, 7) is 9.54. The number of anilines is 1. The number of benzene rings is 2. The average molecular weight is 448 g/mol. The third-order valence-corrected chi connectivity index (χ3v) is 6.96. The summed E-state index contributed by atoms with van der Waals surface area (Å²) in [5.41, 5.74) is 8.44. The van der Waals surface area contributed by atoms with Gasteiger partial charge < -0.3 is 5.32 Å². The first-order valence-corrected chi connectivity index (χ1v) is 11.9. The van der Waals surface area contributed by atoms with Gasteiger partial charge in [-0.15, -0.1) is 5.10 Å². The Kier molecular flexibility index (Phi) is 5.78. The van der Waals surface area contributed by atoms with Crippen LogP contribution in [0.1, 0.15) is 49.6 Å². The maximum atomic E-state index is 6.26. The van der Waals surface area contributed by atoms with Gasteiger partial charge in [-0.25, -0.2) is 4.68 Å². The molecule has 3 heterocycles. The topological polar surface area (TPSA) is 46.0 Å². The quantitative estimate of drug-likeness (QED) is 0.535. The molecule has 6 heteroatoms. The third kappa shape index (κ3) is 4.07. The van der Waals surface area contributed by atoms with Crippen molar-refractivity contribution in [3.63, 3.8) is 0 Å². The largest absolute Gasteiger partial charge is 0.378 e. The lowest BCUT2D eigenvalue weighted by Gasteiger charge is -2.30. The molecular weight excluding hydrogens is 418 g/mol. The van der Waals surface area contributed by atoms with Gasteiger partial charge in [0, 0.05) is 41.9 Å². The van der Waals surface area contributed by atoms with Crippen LogP contribution < -0.4 is 5.32 Å². The minimum Gasteiger partial charge on any atom is -0.378 e. The van der Waals surface area contributed by atoms with Gasteiger partial charge >= 0.3 is 0 Å². The third-order valence-electron chi connectivity index (χ3n) is 6.72. The predicted molar refractivity (Wildman–Crippen MR) is 132 cm³/mol. The first kappa shape index (κ1) is 21.2. The molecule has 1 N–H and O–H groups in total. The molecule has 1 aromatic heterocycles. The molecule has 0 amide bonds. The smallest absolute Gasteiger partial charge is 0.0918 e. The minimum atomic E-state index is 0.167. The van der Waals surface area contributed by atoms with E-state index in [0.29, 0.717) is 6.04 Å². The van der Waals surface area contributed by atoms with Crippen molar-refractivity contribution in [3.8, 4) is 11.3 Å². The number of nitrogens with zero attached hydrogens (tertiary/aromatic N) is 4. The second-order valence-electron chi connectivity index (χ2n) is 9.11. The number of aromatic nitrogens is 3. The normalized spacial score (nSPS) is 18.7. The Balaban J connectivity index is 1.55. The summed E-state index contributed by atoms with van der Waals surface area (Å²) in [7, 11) is 0. The van der Waals surface area contributed by atoms with Gasteiger partial charge in [-0.1, -0.05) is 41.1 Å². The molecule has 1 atom stereocenters. The van der Waals surface area contributed by atoms with Crippen LogP contribution >= 0.6 is 11.6 Å².